The minimum Gasteiger partial charge on any atom is -0.337 e. The third-order valence-corrected chi connectivity index (χ3v) is 6.53. The van der Waals surface area contributed by atoms with E-state index in [1.165, 1.54) is 5.56 Å². The molecule has 0 radical (unpaired) electrons. The van der Waals surface area contributed by atoms with Crippen LogP contribution < -0.4 is 0 Å². The molecule has 1 aliphatic rings. The van der Waals surface area contributed by atoms with Crippen LogP contribution >= 0.6 is 23.2 Å². The van der Waals surface area contributed by atoms with Crippen LogP contribution in [0.3, 0.4) is 0 Å². The standard InChI is InChI=1S/C27H24Cl2N4O/c28-22-8-6-20(7-9-22)18-31-14-16-32(17-15-31)26(34)13-11-24-27(21-4-2-1-3-5-21)30-25-12-10-23(29)19-33(24)25/h1-13,19H,14-18H2. The number of carbonyl (C=O) groups is 1. The average molecular weight is 491 g/mol. The van der Waals surface area contributed by atoms with Crippen molar-refractivity contribution in [3.8, 4) is 11.3 Å². The molecule has 2 aromatic carbocycles. The zero-order valence-electron chi connectivity index (χ0n) is 18.6. The van der Waals surface area contributed by atoms with Crippen molar-refractivity contribution in [3.63, 3.8) is 0 Å². The fourth-order valence-corrected chi connectivity index (χ4v) is 4.52. The summed E-state index contributed by atoms with van der Waals surface area (Å²) >= 11 is 12.2. The van der Waals surface area contributed by atoms with Crippen molar-refractivity contribution in [2.45, 2.75) is 6.54 Å². The van der Waals surface area contributed by atoms with Gasteiger partial charge in [0, 0.05) is 55.6 Å². The second-order valence-electron chi connectivity index (χ2n) is 8.35. The number of benzene rings is 2. The Labute approximate surface area is 208 Å². The predicted molar refractivity (Wildman–Crippen MR) is 138 cm³/mol. The summed E-state index contributed by atoms with van der Waals surface area (Å²) < 4.78 is 1.93. The molecule has 0 spiro atoms. The molecular formula is C27H24Cl2N4O. The van der Waals surface area contributed by atoms with E-state index in [0.717, 1.165) is 47.3 Å². The molecule has 0 saturated carbocycles. The van der Waals surface area contributed by atoms with E-state index in [1.807, 2.05) is 76.2 Å². The van der Waals surface area contributed by atoms with Gasteiger partial charge in [0.2, 0.25) is 5.91 Å². The summed E-state index contributed by atoms with van der Waals surface area (Å²) in [5.74, 6) is 0.00197. The fourth-order valence-electron chi connectivity index (χ4n) is 4.23. The second kappa shape index (κ2) is 10.0. The molecule has 0 atom stereocenters. The first kappa shape index (κ1) is 22.7. The summed E-state index contributed by atoms with van der Waals surface area (Å²) in [6, 6.07) is 21.6. The summed E-state index contributed by atoms with van der Waals surface area (Å²) in [7, 11) is 0. The van der Waals surface area contributed by atoms with Gasteiger partial charge in [0.05, 0.1) is 16.4 Å². The lowest BCUT2D eigenvalue weighted by Gasteiger charge is -2.34. The number of hydrogen-bond acceptors (Lipinski definition) is 3. The lowest BCUT2D eigenvalue weighted by atomic mass is 10.1. The van der Waals surface area contributed by atoms with Crippen molar-refractivity contribution in [3.05, 3.63) is 100 Å². The highest BCUT2D eigenvalue weighted by Crippen LogP contribution is 2.27. The molecule has 1 fully saturated rings. The highest BCUT2D eigenvalue weighted by molar-refractivity contribution is 6.30. The molecule has 7 heteroatoms. The van der Waals surface area contributed by atoms with Crippen LogP contribution in [0.5, 0.6) is 0 Å². The number of hydrogen-bond donors (Lipinski definition) is 0. The van der Waals surface area contributed by atoms with Crippen molar-refractivity contribution in [2.75, 3.05) is 26.2 Å². The van der Waals surface area contributed by atoms with E-state index in [4.69, 9.17) is 28.2 Å². The van der Waals surface area contributed by atoms with Crippen molar-refractivity contribution >= 4 is 40.8 Å². The molecule has 4 aromatic rings. The Balaban J connectivity index is 1.30. The third kappa shape index (κ3) is 5.02. The Morgan fingerprint density at radius 3 is 2.32 bits per heavy atom. The Bertz CT molecular complexity index is 1320. The average Bonchev–Trinajstić information content (AvgIpc) is 3.22. The number of nitrogens with zero attached hydrogens (tertiary/aromatic N) is 4. The number of aromatic nitrogens is 2. The lowest BCUT2D eigenvalue weighted by Crippen LogP contribution is -2.47. The molecule has 1 saturated heterocycles. The molecule has 0 aliphatic carbocycles. The molecule has 5 rings (SSSR count). The Hall–Kier alpha value is -3.12. The second-order valence-corrected chi connectivity index (χ2v) is 9.22. The van der Waals surface area contributed by atoms with Crippen molar-refractivity contribution in [1.29, 1.82) is 0 Å². The van der Waals surface area contributed by atoms with E-state index in [9.17, 15) is 4.79 Å². The Kier molecular flexibility index (Phi) is 6.68. The quantitative estimate of drug-likeness (QED) is 0.338. The largest absolute Gasteiger partial charge is 0.337 e. The van der Waals surface area contributed by atoms with Gasteiger partial charge in [-0.2, -0.15) is 0 Å². The van der Waals surface area contributed by atoms with Crippen LogP contribution in [0.1, 0.15) is 11.3 Å². The summed E-state index contributed by atoms with van der Waals surface area (Å²) in [5, 5.41) is 1.36. The summed E-state index contributed by atoms with van der Waals surface area (Å²) in [6.45, 7) is 3.92. The molecule has 5 nitrogen and oxygen atoms in total. The smallest absolute Gasteiger partial charge is 0.246 e. The van der Waals surface area contributed by atoms with Crippen LogP contribution in [0.2, 0.25) is 10.0 Å². The minimum atomic E-state index is 0.00197. The molecular weight excluding hydrogens is 467 g/mol. The van der Waals surface area contributed by atoms with Crippen molar-refractivity contribution in [1.82, 2.24) is 19.2 Å². The van der Waals surface area contributed by atoms with Gasteiger partial charge in [0.1, 0.15) is 5.65 Å². The highest BCUT2D eigenvalue weighted by Gasteiger charge is 2.20. The fraction of sp³-hybridized carbons (Fsp3) is 0.185. The summed E-state index contributed by atoms with van der Waals surface area (Å²) in [4.78, 5) is 22.0. The van der Waals surface area contributed by atoms with Gasteiger partial charge in [-0.3, -0.25) is 14.1 Å². The van der Waals surface area contributed by atoms with Crippen LogP contribution in [-0.2, 0) is 11.3 Å². The Morgan fingerprint density at radius 2 is 1.59 bits per heavy atom. The summed E-state index contributed by atoms with van der Waals surface area (Å²) in [5.41, 5.74) is 4.65. The van der Waals surface area contributed by atoms with Crippen LogP contribution in [0.25, 0.3) is 23.0 Å². The van der Waals surface area contributed by atoms with Crippen LogP contribution in [0, 0.1) is 0 Å². The number of imidazole rings is 1. The van der Waals surface area contributed by atoms with Gasteiger partial charge in [-0.1, -0.05) is 65.7 Å². The van der Waals surface area contributed by atoms with Crippen LogP contribution in [0.15, 0.2) is 79.0 Å². The molecule has 1 aliphatic heterocycles. The van der Waals surface area contributed by atoms with Gasteiger partial charge in [0.25, 0.3) is 0 Å². The molecule has 0 bridgehead atoms. The van der Waals surface area contributed by atoms with Crippen molar-refractivity contribution in [2.24, 2.45) is 0 Å². The molecule has 34 heavy (non-hydrogen) atoms. The van der Waals surface area contributed by atoms with E-state index < -0.39 is 0 Å². The zero-order valence-corrected chi connectivity index (χ0v) is 20.1. The van der Waals surface area contributed by atoms with Gasteiger partial charge < -0.3 is 4.90 Å². The van der Waals surface area contributed by atoms with Crippen molar-refractivity contribution < 1.29 is 4.79 Å². The first-order valence-corrected chi connectivity index (χ1v) is 12.0. The van der Waals surface area contributed by atoms with Gasteiger partial charge in [0.15, 0.2) is 0 Å². The maximum atomic E-state index is 13.0. The summed E-state index contributed by atoms with van der Waals surface area (Å²) in [6.07, 6.45) is 5.32. The zero-order chi connectivity index (χ0) is 23.5. The third-order valence-electron chi connectivity index (χ3n) is 6.05. The monoisotopic (exact) mass is 490 g/mol. The van der Waals surface area contributed by atoms with E-state index >= 15 is 0 Å². The molecule has 0 N–H and O–H groups in total. The first-order chi connectivity index (χ1) is 16.6. The molecule has 3 heterocycles. The normalized spacial score (nSPS) is 14.8. The van der Waals surface area contributed by atoms with Gasteiger partial charge in [-0.15, -0.1) is 0 Å². The Morgan fingerprint density at radius 1 is 0.882 bits per heavy atom. The van der Waals surface area contributed by atoms with Crippen LogP contribution in [-0.4, -0.2) is 51.3 Å². The number of fused-ring (bicyclic) bond motifs is 1. The number of piperazine rings is 1. The van der Waals surface area contributed by atoms with E-state index in [-0.39, 0.29) is 5.91 Å². The lowest BCUT2D eigenvalue weighted by molar-refractivity contribution is -0.127. The first-order valence-electron chi connectivity index (χ1n) is 11.2. The SMILES string of the molecule is O=C(C=Cc1c(-c2ccccc2)nc2ccc(Cl)cn12)N1CCN(Cc2ccc(Cl)cc2)CC1. The topological polar surface area (TPSA) is 40.9 Å². The molecule has 2 aromatic heterocycles. The van der Waals surface area contributed by atoms with E-state index in [1.54, 1.807) is 6.08 Å². The number of halogens is 2. The maximum Gasteiger partial charge on any atom is 0.246 e. The maximum absolute atomic E-state index is 13.0. The number of rotatable bonds is 5. The highest BCUT2D eigenvalue weighted by atomic mass is 35.5. The van der Waals surface area contributed by atoms with Crippen LogP contribution in [0.4, 0.5) is 0 Å². The number of amides is 1. The minimum absolute atomic E-state index is 0.00197. The van der Waals surface area contributed by atoms with Gasteiger partial charge >= 0.3 is 0 Å². The van der Waals surface area contributed by atoms with E-state index in [0.29, 0.717) is 18.1 Å². The van der Waals surface area contributed by atoms with Gasteiger partial charge in [-0.05, 0) is 35.9 Å². The number of pyridine rings is 1. The number of carbonyl (C=O) groups excluding carboxylic acids is 1. The predicted octanol–water partition coefficient (Wildman–Crippen LogP) is 5.67. The molecule has 0 unspecified atom stereocenters. The molecule has 172 valence electrons. The van der Waals surface area contributed by atoms with Gasteiger partial charge in [-0.25, -0.2) is 4.98 Å². The molecule has 1 amide bonds. The van der Waals surface area contributed by atoms with E-state index in [2.05, 4.69) is 17.0 Å².